The molecule has 1 unspecified atom stereocenters. The molecule has 1 fully saturated rings. The first-order valence-electron chi connectivity index (χ1n) is 5.32. The Morgan fingerprint density at radius 3 is 2.00 bits per heavy atom. The number of hydrogen-bond acceptors (Lipinski definition) is 3. The van der Waals surface area contributed by atoms with Gasteiger partial charge in [0.15, 0.2) is 0 Å². The third-order valence-electron chi connectivity index (χ3n) is 3.35. The van der Waals surface area contributed by atoms with Gasteiger partial charge in [0, 0.05) is 18.5 Å². The largest absolute Gasteiger partial charge is 0.496 e. The van der Waals surface area contributed by atoms with Crippen LogP contribution >= 0.6 is 0 Å². The first-order valence-corrected chi connectivity index (χ1v) is 5.32. The van der Waals surface area contributed by atoms with Gasteiger partial charge in [-0.05, 0) is 12.1 Å². The Morgan fingerprint density at radius 2 is 1.71 bits per heavy atom. The summed E-state index contributed by atoms with van der Waals surface area (Å²) in [5.74, 6) is -2.00. The molecule has 2 rings (SSSR count). The van der Waals surface area contributed by atoms with Gasteiger partial charge in [-0.1, -0.05) is 6.07 Å². The molecule has 1 aromatic carbocycles. The SMILES string of the molecule is COc1cccc(OC)c1C1(CN)CC1(F)F. The topological polar surface area (TPSA) is 44.5 Å². The molecule has 17 heavy (non-hydrogen) atoms. The average molecular weight is 243 g/mol. The van der Waals surface area contributed by atoms with E-state index in [-0.39, 0.29) is 13.0 Å². The molecular formula is C12H15F2NO2. The van der Waals surface area contributed by atoms with Gasteiger partial charge in [0.05, 0.1) is 19.6 Å². The van der Waals surface area contributed by atoms with E-state index in [0.717, 1.165) is 0 Å². The molecule has 0 heterocycles. The van der Waals surface area contributed by atoms with Crippen LogP contribution in [0.4, 0.5) is 8.78 Å². The molecular weight excluding hydrogens is 228 g/mol. The number of alkyl halides is 2. The molecule has 1 saturated carbocycles. The zero-order valence-corrected chi connectivity index (χ0v) is 9.80. The normalized spacial score (nSPS) is 25.5. The molecule has 5 heteroatoms. The molecule has 94 valence electrons. The summed E-state index contributed by atoms with van der Waals surface area (Å²) >= 11 is 0. The summed E-state index contributed by atoms with van der Waals surface area (Å²) in [6.07, 6.45) is -0.257. The van der Waals surface area contributed by atoms with Gasteiger partial charge in [0.1, 0.15) is 11.5 Å². The number of methoxy groups -OCH3 is 2. The molecule has 0 amide bonds. The van der Waals surface area contributed by atoms with Crippen molar-refractivity contribution in [3.05, 3.63) is 23.8 Å². The lowest BCUT2D eigenvalue weighted by atomic mass is 9.93. The van der Waals surface area contributed by atoms with Crippen LogP contribution in [0.2, 0.25) is 0 Å². The van der Waals surface area contributed by atoms with Crippen molar-refractivity contribution < 1.29 is 18.3 Å². The molecule has 2 N–H and O–H groups in total. The molecule has 0 aliphatic heterocycles. The van der Waals surface area contributed by atoms with Gasteiger partial charge >= 0.3 is 0 Å². The minimum Gasteiger partial charge on any atom is -0.496 e. The van der Waals surface area contributed by atoms with E-state index in [0.29, 0.717) is 17.1 Å². The molecule has 1 aromatic rings. The highest BCUT2D eigenvalue weighted by atomic mass is 19.3. The molecule has 0 bridgehead atoms. The fourth-order valence-electron chi connectivity index (χ4n) is 2.25. The van der Waals surface area contributed by atoms with E-state index in [2.05, 4.69) is 0 Å². The highest BCUT2D eigenvalue weighted by molar-refractivity contribution is 5.55. The molecule has 0 spiro atoms. The van der Waals surface area contributed by atoms with E-state index < -0.39 is 11.3 Å². The van der Waals surface area contributed by atoms with Crippen molar-refractivity contribution in [3.63, 3.8) is 0 Å². The Balaban J connectivity index is 2.58. The monoisotopic (exact) mass is 243 g/mol. The Bertz CT molecular complexity index is 414. The Labute approximate surface area is 98.5 Å². The van der Waals surface area contributed by atoms with Gasteiger partial charge < -0.3 is 15.2 Å². The van der Waals surface area contributed by atoms with Gasteiger partial charge in [-0.25, -0.2) is 8.78 Å². The fraction of sp³-hybridized carbons (Fsp3) is 0.500. The summed E-state index contributed by atoms with van der Waals surface area (Å²) in [5.41, 5.74) is 4.56. The summed E-state index contributed by atoms with van der Waals surface area (Å²) in [6, 6.07) is 4.99. The van der Waals surface area contributed by atoms with Crippen LogP contribution in [0, 0.1) is 0 Å². The lowest BCUT2D eigenvalue weighted by Gasteiger charge is -2.20. The zero-order valence-electron chi connectivity index (χ0n) is 9.80. The Kier molecular flexibility index (Phi) is 2.73. The van der Waals surface area contributed by atoms with E-state index in [4.69, 9.17) is 15.2 Å². The smallest absolute Gasteiger partial charge is 0.260 e. The van der Waals surface area contributed by atoms with Crippen molar-refractivity contribution in [3.8, 4) is 11.5 Å². The van der Waals surface area contributed by atoms with Crippen molar-refractivity contribution in [2.24, 2.45) is 5.73 Å². The zero-order chi connectivity index (χ0) is 12.7. The average Bonchev–Trinajstić information content (AvgIpc) is 2.91. The van der Waals surface area contributed by atoms with Crippen molar-refractivity contribution in [2.75, 3.05) is 20.8 Å². The van der Waals surface area contributed by atoms with Crippen molar-refractivity contribution in [2.45, 2.75) is 17.8 Å². The summed E-state index contributed by atoms with van der Waals surface area (Å²) in [6.45, 7) is -0.128. The third kappa shape index (κ3) is 1.57. The molecule has 1 aliphatic carbocycles. The first-order chi connectivity index (χ1) is 8.02. The minimum atomic E-state index is -2.79. The summed E-state index contributed by atoms with van der Waals surface area (Å²) in [5, 5.41) is 0. The van der Waals surface area contributed by atoms with E-state index in [1.165, 1.54) is 14.2 Å². The van der Waals surface area contributed by atoms with Gasteiger partial charge in [0.2, 0.25) is 0 Å². The van der Waals surface area contributed by atoms with E-state index in [9.17, 15) is 8.78 Å². The molecule has 1 atom stereocenters. The van der Waals surface area contributed by atoms with Crippen molar-refractivity contribution in [1.29, 1.82) is 0 Å². The van der Waals surface area contributed by atoms with Crippen LogP contribution in [0.3, 0.4) is 0 Å². The maximum Gasteiger partial charge on any atom is 0.260 e. The van der Waals surface area contributed by atoms with Crippen LogP contribution < -0.4 is 15.2 Å². The highest BCUT2D eigenvalue weighted by Gasteiger charge is 2.72. The lowest BCUT2D eigenvalue weighted by Crippen LogP contribution is -2.28. The van der Waals surface area contributed by atoms with Gasteiger partial charge in [-0.15, -0.1) is 0 Å². The second-order valence-electron chi connectivity index (χ2n) is 4.20. The highest BCUT2D eigenvalue weighted by Crippen LogP contribution is 2.64. The number of benzene rings is 1. The lowest BCUT2D eigenvalue weighted by molar-refractivity contribution is 0.0881. The van der Waals surface area contributed by atoms with Gasteiger partial charge in [-0.3, -0.25) is 0 Å². The molecule has 3 nitrogen and oxygen atoms in total. The maximum absolute atomic E-state index is 13.6. The number of halogens is 2. The quantitative estimate of drug-likeness (QED) is 0.879. The number of rotatable bonds is 4. The molecule has 1 aliphatic rings. The first kappa shape index (κ1) is 12.1. The Hall–Kier alpha value is -1.36. The summed E-state index contributed by atoms with van der Waals surface area (Å²) in [7, 11) is 2.89. The van der Waals surface area contributed by atoms with Crippen molar-refractivity contribution in [1.82, 2.24) is 0 Å². The third-order valence-corrected chi connectivity index (χ3v) is 3.35. The maximum atomic E-state index is 13.6. The predicted octanol–water partition coefficient (Wildman–Crippen LogP) is 1.94. The second kappa shape index (κ2) is 3.84. The fourth-order valence-corrected chi connectivity index (χ4v) is 2.25. The van der Waals surface area contributed by atoms with E-state index >= 15 is 0 Å². The molecule has 0 radical (unpaired) electrons. The van der Waals surface area contributed by atoms with Gasteiger partial charge in [0.25, 0.3) is 5.92 Å². The van der Waals surface area contributed by atoms with E-state index in [1.807, 2.05) is 0 Å². The van der Waals surface area contributed by atoms with E-state index in [1.54, 1.807) is 18.2 Å². The second-order valence-corrected chi connectivity index (χ2v) is 4.20. The number of nitrogens with two attached hydrogens (primary N) is 1. The van der Waals surface area contributed by atoms with Crippen LogP contribution in [0.25, 0.3) is 0 Å². The molecule has 0 saturated heterocycles. The van der Waals surface area contributed by atoms with Crippen LogP contribution in [-0.2, 0) is 5.41 Å². The van der Waals surface area contributed by atoms with Crippen LogP contribution in [0.1, 0.15) is 12.0 Å². The number of ether oxygens (including phenoxy) is 2. The van der Waals surface area contributed by atoms with Crippen LogP contribution in [-0.4, -0.2) is 26.7 Å². The van der Waals surface area contributed by atoms with Gasteiger partial charge in [-0.2, -0.15) is 0 Å². The molecule has 0 aromatic heterocycles. The predicted molar refractivity (Wildman–Crippen MR) is 59.8 cm³/mol. The van der Waals surface area contributed by atoms with Crippen LogP contribution in [0.15, 0.2) is 18.2 Å². The standard InChI is InChI=1S/C12H15F2NO2/c1-16-8-4-3-5-9(17-2)10(8)11(7-15)6-12(11,13)14/h3-5H,6-7,15H2,1-2H3. The van der Waals surface area contributed by atoms with Crippen molar-refractivity contribution >= 4 is 0 Å². The van der Waals surface area contributed by atoms with Crippen LogP contribution in [0.5, 0.6) is 11.5 Å². The summed E-state index contributed by atoms with van der Waals surface area (Å²) in [4.78, 5) is 0. The number of hydrogen-bond donors (Lipinski definition) is 1. The summed E-state index contributed by atoms with van der Waals surface area (Å²) < 4.78 is 37.4. The Morgan fingerprint density at radius 1 is 1.24 bits per heavy atom. The minimum absolute atomic E-state index is 0.128.